The monoisotopic (exact) mass is 351 g/mol. The van der Waals surface area contributed by atoms with Gasteiger partial charge in [-0.25, -0.2) is 4.79 Å². The lowest BCUT2D eigenvalue weighted by atomic mass is 10.1. The minimum Gasteiger partial charge on any atom is -0.467 e. The van der Waals surface area contributed by atoms with Crippen LogP contribution in [0.15, 0.2) is 34.9 Å². The lowest BCUT2D eigenvalue weighted by molar-refractivity contribution is 0.102. The number of cyclic esters (lactones) is 1. The molecule has 2 amide bonds. The first-order valence-corrected chi connectivity index (χ1v) is 7.23. The second-order valence-electron chi connectivity index (χ2n) is 5.18. The molecule has 128 valence electrons. The average Bonchev–Trinajstić information content (AvgIpc) is 3.18. The molecule has 0 aliphatic carbocycles. The third kappa shape index (κ3) is 3.37. The summed E-state index contributed by atoms with van der Waals surface area (Å²) >= 11 is 0. The van der Waals surface area contributed by atoms with Gasteiger partial charge in [-0.2, -0.15) is 0 Å². The second-order valence-corrected chi connectivity index (χ2v) is 5.18. The summed E-state index contributed by atoms with van der Waals surface area (Å²) in [6, 6.07) is 6.99. The van der Waals surface area contributed by atoms with Crippen LogP contribution in [0.2, 0.25) is 0 Å². The molecule has 2 aromatic rings. The Labute approximate surface area is 145 Å². The van der Waals surface area contributed by atoms with Crippen molar-refractivity contribution in [3.8, 4) is 0 Å². The highest BCUT2D eigenvalue weighted by molar-refractivity contribution is 6.05. The topological polar surface area (TPSA) is 97.8 Å². The Morgan fingerprint density at radius 1 is 1.42 bits per heavy atom. The number of amides is 2. The van der Waals surface area contributed by atoms with Crippen molar-refractivity contribution in [2.75, 3.05) is 23.4 Å². The molecule has 0 bridgehead atoms. The first-order valence-electron chi connectivity index (χ1n) is 7.23. The summed E-state index contributed by atoms with van der Waals surface area (Å²) in [4.78, 5) is 25.5. The summed E-state index contributed by atoms with van der Waals surface area (Å²) in [6.07, 6.45) is 0.994. The number of rotatable bonds is 4. The van der Waals surface area contributed by atoms with Gasteiger partial charge in [0.15, 0.2) is 0 Å². The Morgan fingerprint density at radius 2 is 2.21 bits per heavy atom. The Bertz CT molecular complexity index is 760. The van der Waals surface area contributed by atoms with Gasteiger partial charge >= 0.3 is 6.09 Å². The zero-order valence-corrected chi connectivity index (χ0v) is 13.9. The van der Waals surface area contributed by atoms with E-state index in [1.807, 2.05) is 13.0 Å². The summed E-state index contributed by atoms with van der Waals surface area (Å²) in [7, 11) is 0. The number of halogens is 1. The second kappa shape index (κ2) is 7.37. The summed E-state index contributed by atoms with van der Waals surface area (Å²) in [5, 5.41) is 2.82. The molecule has 1 aliphatic rings. The maximum absolute atomic E-state index is 12.3. The van der Waals surface area contributed by atoms with Gasteiger partial charge in [0.2, 0.25) is 0 Å². The van der Waals surface area contributed by atoms with Crippen molar-refractivity contribution in [3.63, 3.8) is 0 Å². The SMILES string of the molecule is Cc1c(NC(=O)c2coc(CN)c2)cccc1N1CCOC1=O.Cl. The van der Waals surface area contributed by atoms with Gasteiger partial charge < -0.3 is 20.2 Å². The molecule has 1 aromatic carbocycles. The van der Waals surface area contributed by atoms with E-state index in [1.54, 1.807) is 23.1 Å². The molecule has 7 nitrogen and oxygen atoms in total. The van der Waals surface area contributed by atoms with E-state index in [0.717, 1.165) is 11.3 Å². The Balaban J connectivity index is 0.00000208. The van der Waals surface area contributed by atoms with Crippen LogP contribution in [-0.4, -0.2) is 25.2 Å². The molecule has 3 N–H and O–H groups in total. The van der Waals surface area contributed by atoms with Crippen molar-refractivity contribution in [1.82, 2.24) is 0 Å². The molecule has 1 aliphatic heterocycles. The number of nitrogens with two attached hydrogens (primary N) is 1. The third-order valence-electron chi connectivity index (χ3n) is 3.72. The van der Waals surface area contributed by atoms with Crippen LogP contribution in [0.1, 0.15) is 21.7 Å². The molecule has 0 saturated carbocycles. The van der Waals surface area contributed by atoms with Gasteiger partial charge in [0.05, 0.1) is 24.3 Å². The first-order chi connectivity index (χ1) is 11.1. The summed E-state index contributed by atoms with van der Waals surface area (Å²) in [5.41, 5.74) is 8.01. The van der Waals surface area contributed by atoms with Crippen LogP contribution in [0.4, 0.5) is 16.2 Å². The molecule has 0 radical (unpaired) electrons. The maximum atomic E-state index is 12.3. The lowest BCUT2D eigenvalue weighted by Crippen LogP contribution is -2.24. The highest BCUT2D eigenvalue weighted by atomic mass is 35.5. The molecule has 24 heavy (non-hydrogen) atoms. The van der Waals surface area contributed by atoms with Crippen LogP contribution < -0.4 is 16.0 Å². The fourth-order valence-electron chi connectivity index (χ4n) is 2.46. The number of carbonyl (C=O) groups excluding carboxylic acids is 2. The average molecular weight is 352 g/mol. The molecule has 0 unspecified atom stereocenters. The number of benzene rings is 1. The molecular formula is C16H18ClN3O4. The van der Waals surface area contributed by atoms with Crippen LogP contribution >= 0.6 is 12.4 Å². The van der Waals surface area contributed by atoms with Gasteiger partial charge in [-0.15, -0.1) is 12.4 Å². The van der Waals surface area contributed by atoms with Gasteiger partial charge in [-0.05, 0) is 30.7 Å². The van der Waals surface area contributed by atoms with Crippen LogP contribution in [0.5, 0.6) is 0 Å². The van der Waals surface area contributed by atoms with Crippen molar-refractivity contribution >= 4 is 35.8 Å². The van der Waals surface area contributed by atoms with Crippen LogP contribution in [-0.2, 0) is 11.3 Å². The molecule has 3 rings (SSSR count). The van der Waals surface area contributed by atoms with E-state index in [1.165, 1.54) is 6.26 Å². The Morgan fingerprint density at radius 3 is 2.83 bits per heavy atom. The molecule has 0 atom stereocenters. The standard InChI is InChI=1S/C16H17N3O4.ClH/c1-10-13(18-15(20)11-7-12(8-17)23-9-11)3-2-4-14(10)19-5-6-22-16(19)21;/h2-4,7,9H,5-6,8,17H2,1H3,(H,18,20);1H. The minimum absolute atomic E-state index is 0. The zero-order chi connectivity index (χ0) is 16.4. The first kappa shape index (κ1) is 17.8. The predicted molar refractivity (Wildman–Crippen MR) is 91.7 cm³/mol. The number of anilines is 2. The van der Waals surface area contributed by atoms with Gasteiger partial charge in [0, 0.05) is 5.69 Å². The quantitative estimate of drug-likeness (QED) is 0.882. The number of hydrogen-bond acceptors (Lipinski definition) is 5. The number of furan rings is 1. The summed E-state index contributed by atoms with van der Waals surface area (Å²) in [6.45, 7) is 2.94. The van der Waals surface area contributed by atoms with Crippen molar-refractivity contribution in [1.29, 1.82) is 0 Å². The summed E-state index contributed by atoms with van der Waals surface area (Å²) in [5.74, 6) is 0.248. The molecule has 1 aromatic heterocycles. The van der Waals surface area contributed by atoms with Crippen LogP contribution in [0, 0.1) is 6.92 Å². The summed E-state index contributed by atoms with van der Waals surface area (Å²) < 4.78 is 10.1. The number of nitrogens with zero attached hydrogens (tertiary/aromatic N) is 1. The molecule has 1 saturated heterocycles. The number of nitrogens with one attached hydrogen (secondary N) is 1. The van der Waals surface area contributed by atoms with Crippen molar-refractivity contribution in [2.45, 2.75) is 13.5 Å². The van der Waals surface area contributed by atoms with Gasteiger partial charge in [0.25, 0.3) is 5.91 Å². The number of carbonyl (C=O) groups is 2. The van der Waals surface area contributed by atoms with Crippen LogP contribution in [0.25, 0.3) is 0 Å². The molecule has 8 heteroatoms. The lowest BCUT2D eigenvalue weighted by Gasteiger charge is -2.18. The van der Waals surface area contributed by atoms with E-state index in [9.17, 15) is 9.59 Å². The molecule has 0 spiro atoms. The third-order valence-corrected chi connectivity index (χ3v) is 3.72. The zero-order valence-electron chi connectivity index (χ0n) is 13.1. The van der Waals surface area contributed by atoms with Crippen molar-refractivity contribution in [3.05, 3.63) is 47.4 Å². The van der Waals surface area contributed by atoms with E-state index >= 15 is 0 Å². The van der Waals surface area contributed by atoms with Crippen LogP contribution in [0.3, 0.4) is 0 Å². The van der Waals surface area contributed by atoms with Crippen molar-refractivity contribution in [2.24, 2.45) is 5.73 Å². The van der Waals surface area contributed by atoms with E-state index in [2.05, 4.69) is 5.32 Å². The smallest absolute Gasteiger partial charge is 0.414 e. The van der Waals surface area contributed by atoms with E-state index in [4.69, 9.17) is 14.9 Å². The molecular weight excluding hydrogens is 334 g/mol. The van der Waals surface area contributed by atoms with Crippen molar-refractivity contribution < 1.29 is 18.7 Å². The Hall–Kier alpha value is -2.51. The fourth-order valence-corrected chi connectivity index (χ4v) is 2.46. The number of hydrogen-bond donors (Lipinski definition) is 2. The highest BCUT2D eigenvalue weighted by Crippen LogP contribution is 2.29. The highest BCUT2D eigenvalue weighted by Gasteiger charge is 2.25. The molecule has 2 heterocycles. The normalized spacial score (nSPS) is 13.4. The van der Waals surface area contributed by atoms with Gasteiger partial charge in [-0.3, -0.25) is 9.69 Å². The predicted octanol–water partition coefficient (Wildman–Crippen LogP) is 2.68. The van der Waals surface area contributed by atoms with Gasteiger partial charge in [-0.1, -0.05) is 6.07 Å². The maximum Gasteiger partial charge on any atom is 0.414 e. The fraction of sp³-hybridized carbons (Fsp3) is 0.250. The van der Waals surface area contributed by atoms with Gasteiger partial charge in [0.1, 0.15) is 18.6 Å². The van der Waals surface area contributed by atoms with E-state index < -0.39 is 0 Å². The van der Waals surface area contributed by atoms with E-state index in [-0.39, 0.29) is 31.0 Å². The number of ether oxygens (including phenoxy) is 1. The Kier molecular flexibility index (Phi) is 5.48. The van der Waals surface area contributed by atoms with E-state index in [0.29, 0.717) is 30.2 Å². The molecule has 1 fully saturated rings. The largest absolute Gasteiger partial charge is 0.467 e. The minimum atomic E-state index is -0.376.